The lowest BCUT2D eigenvalue weighted by Gasteiger charge is -2.25. The molecule has 0 atom stereocenters. The van der Waals surface area contributed by atoms with Gasteiger partial charge in [0.15, 0.2) is 5.13 Å². The van der Waals surface area contributed by atoms with Gasteiger partial charge >= 0.3 is 5.97 Å². The van der Waals surface area contributed by atoms with Crippen LogP contribution in [-0.4, -0.2) is 36.1 Å². The molecule has 0 spiro atoms. The number of thiophene rings is 1. The summed E-state index contributed by atoms with van der Waals surface area (Å²) in [6.45, 7) is 4.90. The van der Waals surface area contributed by atoms with Crippen LogP contribution >= 0.6 is 22.7 Å². The van der Waals surface area contributed by atoms with Gasteiger partial charge in [-0.2, -0.15) is 0 Å². The van der Waals surface area contributed by atoms with Gasteiger partial charge in [-0.25, -0.2) is 14.2 Å². The number of fused-ring (bicyclic) bond motifs is 2. The van der Waals surface area contributed by atoms with Gasteiger partial charge in [-0.15, -0.1) is 11.3 Å². The summed E-state index contributed by atoms with van der Waals surface area (Å²) in [6, 6.07) is 4.53. The highest BCUT2D eigenvalue weighted by molar-refractivity contribution is 7.23. The molecule has 26 heavy (non-hydrogen) atoms. The van der Waals surface area contributed by atoms with Crippen LogP contribution in [0.25, 0.3) is 10.2 Å². The van der Waals surface area contributed by atoms with E-state index in [1.807, 2.05) is 0 Å². The van der Waals surface area contributed by atoms with E-state index in [-0.39, 0.29) is 11.8 Å². The van der Waals surface area contributed by atoms with E-state index in [0.29, 0.717) is 10.7 Å². The Morgan fingerprint density at radius 2 is 2.27 bits per heavy atom. The summed E-state index contributed by atoms with van der Waals surface area (Å²) in [4.78, 5) is 20.4. The number of thiazole rings is 1. The highest BCUT2D eigenvalue weighted by atomic mass is 32.1. The lowest BCUT2D eigenvalue weighted by atomic mass is 10.0. The molecule has 8 heteroatoms. The van der Waals surface area contributed by atoms with E-state index in [0.717, 1.165) is 46.8 Å². The van der Waals surface area contributed by atoms with Crippen LogP contribution in [0.2, 0.25) is 0 Å². The predicted molar refractivity (Wildman–Crippen MR) is 103 cm³/mol. The number of benzene rings is 1. The standard InChI is InChI=1S/C18H18FN3O2S2/c1-3-22-7-6-11-14(9-22)25-16(15(11)17(23)24-2)21-18-20-12-5-4-10(19)8-13(12)26-18/h4-5,8H,3,6-7,9H2,1-2H3,(H,20,21). The molecule has 1 aliphatic rings. The molecule has 5 nitrogen and oxygen atoms in total. The molecule has 3 heterocycles. The van der Waals surface area contributed by atoms with Crippen molar-refractivity contribution in [2.75, 3.05) is 25.5 Å². The number of hydrogen-bond acceptors (Lipinski definition) is 7. The number of ether oxygens (including phenoxy) is 1. The van der Waals surface area contributed by atoms with Crippen molar-refractivity contribution in [2.45, 2.75) is 19.9 Å². The Labute approximate surface area is 158 Å². The smallest absolute Gasteiger partial charge is 0.341 e. The van der Waals surface area contributed by atoms with Crippen LogP contribution in [0.4, 0.5) is 14.5 Å². The monoisotopic (exact) mass is 391 g/mol. The van der Waals surface area contributed by atoms with Crippen molar-refractivity contribution >= 4 is 49.0 Å². The van der Waals surface area contributed by atoms with Crippen molar-refractivity contribution in [1.29, 1.82) is 0 Å². The number of nitrogens with one attached hydrogen (secondary N) is 1. The molecular weight excluding hydrogens is 373 g/mol. The molecule has 1 aromatic carbocycles. The topological polar surface area (TPSA) is 54.5 Å². The fourth-order valence-electron chi connectivity index (χ4n) is 3.18. The van der Waals surface area contributed by atoms with Gasteiger partial charge < -0.3 is 10.1 Å². The lowest BCUT2D eigenvalue weighted by Crippen LogP contribution is -2.29. The van der Waals surface area contributed by atoms with E-state index in [1.165, 1.54) is 35.5 Å². The maximum atomic E-state index is 13.4. The zero-order valence-corrected chi connectivity index (χ0v) is 16.1. The van der Waals surface area contributed by atoms with Crippen molar-refractivity contribution < 1.29 is 13.9 Å². The average Bonchev–Trinajstić information content (AvgIpc) is 3.20. The summed E-state index contributed by atoms with van der Waals surface area (Å²) in [5, 5.41) is 4.66. The van der Waals surface area contributed by atoms with Gasteiger partial charge in [0, 0.05) is 18.0 Å². The largest absolute Gasteiger partial charge is 0.465 e. The molecule has 2 aromatic heterocycles. The number of carbonyl (C=O) groups excluding carboxylic acids is 1. The van der Waals surface area contributed by atoms with E-state index in [2.05, 4.69) is 22.1 Å². The van der Waals surface area contributed by atoms with Crippen LogP contribution in [0.5, 0.6) is 0 Å². The summed E-state index contributed by atoms with van der Waals surface area (Å²) in [7, 11) is 1.40. The van der Waals surface area contributed by atoms with Gasteiger partial charge in [0.2, 0.25) is 0 Å². The average molecular weight is 391 g/mol. The highest BCUT2D eigenvalue weighted by Crippen LogP contribution is 2.40. The maximum Gasteiger partial charge on any atom is 0.341 e. The Morgan fingerprint density at radius 3 is 3.04 bits per heavy atom. The van der Waals surface area contributed by atoms with Gasteiger partial charge in [-0.05, 0) is 36.7 Å². The van der Waals surface area contributed by atoms with Crippen LogP contribution < -0.4 is 5.32 Å². The highest BCUT2D eigenvalue weighted by Gasteiger charge is 2.28. The molecule has 0 aliphatic carbocycles. The molecule has 4 rings (SSSR count). The zero-order chi connectivity index (χ0) is 18.3. The zero-order valence-electron chi connectivity index (χ0n) is 14.5. The molecule has 0 bridgehead atoms. The molecule has 0 unspecified atom stereocenters. The number of halogens is 1. The lowest BCUT2D eigenvalue weighted by molar-refractivity contribution is 0.0600. The van der Waals surface area contributed by atoms with Gasteiger partial charge in [-0.3, -0.25) is 4.90 Å². The van der Waals surface area contributed by atoms with Crippen LogP contribution in [0.3, 0.4) is 0 Å². The fourth-order valence-corrected chi connectivity index (χ4v) is 5.42. The van der Waals surface area contributed by atoms with Crippen molar-refractivity contribution in [3.8, 4) is 0 Å². The van der Waals surface area contributed by atoms with Crippen molar-refractivity contribution in [3.05, 3.63) is 40.0 Å². The van der Waals surface area contributed by atoms with Gasteiger partial charge in [-0.1, -0.05) is 18.3 Å². The molecular formula is C18H18FN3O2S2. The first kappa shape index (κ1) is 17.4. The first-order chi connectivity index (χ1) is 12.6. The van der Waals surface area contributed by atoms with E-state index in [9.17, 15) is 9.18 Å². The predicted octanol–water partition coefficient (Wildman–Crippen LogP) is 4.41. The second kappa shape index (κ2) is 6.94. The van der Waals surface area contributed by atoms with Crippen LogP contribution in [0, 0.1) is 5.82 Å². The van der Waals surface area contributed by atoms with Gasteiger partial charge in [0.05, 0.1) is 22.9 Å². The van der Waals surface area contributed by atoms with Crippen molar-refractivity contribution in [3.63, 3.8) is 0 Å². The van der Waals surface area contributed by atoms with E-state index in [4.69, 9.17) is 4.74 Å². The van der Waals surface area contributed by atoms with E-state index >= 15 is 0 Å². The van der Waals surface area contributed by atoms with E-state index < -0.39 is 0 Å². The molecule has 3 aromatic rings. The maximum absolute atomic E-state index is 13.4. The van der Waals surface area contributed by atoms with E-state index in [1.54, 1.807) is 17.4 Å². The minimum Gasteiger partial charge on any atom is -0.465 e. The van der Waals surface area contributed by atoms with Crippen LogP contribution in [0.15, 0.2) is 18.2 Å². The molecule has 0 saturated heterocycles. The number of methoxy groups -OCH3 is 1. The van der Waals surface area contributed by atoms with Crippen molar-refractivity contribution in [1.82, 2.24) is 9.88 Å². The summed E-state index contributed by atoms with van der Waals surface area (Å²) in [6.07, 6.45) is 0.830. The molecule has 0 fully saturated rings. The second-order valence-electron chi connectivity index (χ2n) is 6.07. The summed E-state index contributed by atoms with van der Waals surface area (Å²) in [5.41, 5.74) is 2.41. The number of anilines is 2. The molecule has 136 valence electrons. The third kappa shape index (κ3) is 3.08. The molecule has 0 saturated carbocycles. The SMILES string of the molecule is CCN1CCc2c(sc(Nc3nc4ccc(F)cc4s3)c2C(=O)OC)C1. The Hall–Kier alpha value is -2.03. The third-order valence-electron chi connectivity index (χ3n) is 4.54. The van der Waals surface area contributed by atoms with Crippen LogP contribution in [-0.2, 0) is 17.7 Å². The third-order valence-corrected chi connectivity index (χ3v) is 6.61. The van der Waals surface area contributed by atoms with Gasteiger partial charge in [0.25, 0.3) is 0 Å². The van der Waals surface area contributed by atoms with Gasteiger partial charge in [0.1, 0.15) is 10.8 Å². The summed E-state index contributed by atoms with van der Waals surface area (Å²) < 4.78 is 19.2. The Kier molecular flexibility index (Phi) is 4.64. The number of hydrogen-bond donors (Lipinski definition) is 1. The number of aromatic nitrogens is 1. The van der Waals surface area contributed by atoms with Crippen LogP contribution in [0.1, 0.15) is 27.7 Å². The number of likely N-dealkylation sites (N-methyl/N-ethyl adjacent to an activating group) is 1. The summed E-state index contributed by atoms with van der Waals surface area (Å²) >= 11 is 2.94. The second-order valence-corrected chi connectivity index (χ2v) is 8.21. The quantitative estimate of drug-likeness (QED) is 0.668. The first-order valence-electron chi connectivity index (χ1n) is 8.37. The molecule has 1 N–H and O–H groups in total. The number of carbonyl (C=O) groups is 1. The fraction of sp³-hybridized carbons (Fsp3) is 0.333. The Morgan fingerprint density at radius 1 is 1.42 bits per heavy atom. The molecule has 0 radical (unpaired) electrons. The summed E-state index contributed by atoms with van der Waals surface area (Å²) in [5.74, 6) is -0.615. The molecule has 1 aliphatic heterocycles. The van der Waals surface area contributed by atoms with Crippen molar-refractivity contribution in [2.24, 2.45) is 0 Å². The first-order valence-corrected chi connectivity index (χ1v) is 10.0. The number of nitrogens with zero attached hydrogens (tertiary/aromatic N) is 2. The molecule has 0 amide bonds. The normalized spacial score (nSPS) is 14.4. The number of esters is 1. The number of rotatable bonds is 4. The Bertz CT molecular complexity index is 982. The minimum atomic E-state index is -0.331. The minimum absolute atomic E-state index is 0.283. The Balaban J connectivity index is 1.72.